The number of hydrogen-bond acceptors (Lipinski definition) is 3. The maximum atomic E-state index is 13.6. The molecular weight excluding hydrogens is 266 g/mol. The number of rotatable bonds is 3. The summed E-state index contributed by atoms with van der Waals surface area (Å²) in [6, 6.07) is 3.38. The topological polar surface area (TPSA) is 64.3 Å². The van der Waals surface area contributed by atoms with Gasteiger partial charge >= 0.3 is 0 Å². The SMILES string of the molecule is N#CC(=CO)N(C=O)C1CCc2c(F)cc(F)cc2C1. The maximum Gasteiger partial charge on any atom is 0.215 e. The summed E-state index contributed by atoms with van der Waals surface area (Å²) < 4.78 is 26.8. The van der Waals surface area contributed by atoms with Gasteiger partial charge in [0.2, 0.25) is 6.41 Å². The molecular formula is C14H12F2N2O2. The van der Waals surface area contributed by atoms with Crippen LogP contribution in [0.15, 0.2) is 24.1 Å². The van der Waals surface area contributed by atoms with Crippen molar-refractivity contribution in [3.8, 4) is 6.07 Å². The maximum absolute atomic E-state index is 13.6. The van der Waals surface area contributed by atoms with Crippen LogP contribution in [0.1, 0.15) is 17.5 Å². The summed E-state index contributed by atoms with van der Waals surface area (Å²) in [5.41, 5.74) is 0.742. The van der Waals surface area contributed by atoms with Gasteiger partial charge in [-0.1, -0.05) is 0 Å². The molecule has 1 aromatic carbocycles. The lowest BCUT2D eigenvalue weighted by molar-refractivity contribution is -0.118. The van der Waals surface area contributed by atoms with E-state index >= 15 is 0 Å². The number of carbonyl (C=O) groups excluding carboxylic acids is 1. The van der Waals surface area contributed by atoms with Gasteiger partial charge in [-0.3, -0.25) is 4.79 Å². The smallest absolute Gasteiger partial charge is 0.215 e. The number of fused-ring (bicyclic) bond motifs is 1. The van der Waals surface area contributed by atoms with E-state index in [0.29, 0.717) is 36.6 Å². The van der Waals surface area contributed by atoms with Crippen LogP contribution < -0.4 is 0 Å². The van der Waals surface area contributed by atoms with Crippen molar-refractivity contribution >= 4 is 6.41 Å². The van der Waals surface area contributed by atoms with E-state index in [1.54, 1.807) is 6.07 Å². The van der Waals surface area contributed by atoms with Crippen LogP contribution in [0.4, 0.5) is 8.78 Å². The average molecular weight is 278 g/mol. The molecule has 104 valence electrons. The fourth-order valence-corrected chi connectivity index (χ4v) is 2.52. The Labute approximate surface area is 114 Å². The number of nitriles is 1. The third kappa shape index (κ3) is 2.48. The van der Waals surface area contributed by atoms with Crippen LogP contribution in [-0.4, -0.2) is 22.5 Å². The summed E-state index contributed by atoms with van der Waals surface area (Å²) in [6.45, 7) is 0. The molecule has 0 heterocycles. The van der Waals surface area contributed by atoms with Crippen LogP contribution in [0.2, 0.25) is 0 Å². The summed E-state index contributed by atoms with van der Waals surface area (Å²) in [7, 11) is 0. The van der Waals surface area contributed by atoms with E-state index < -0.39 is 17.7 Å². The van der Waals surface area contributed by atoms with Crippen molar-refractivity contribution in [1.29, 1.82) is 5.26 Å². The van der Waals surface area contributed by atoms with E-state index in [1.807, 2.05) is 0 Å². The van der Waals surface area contributed by atoms with Gasteiger partial charge in [-0.25, -0.2) is 8.78 Å². The van der Waals surface area contributed by atoms with Gasteiger partial charge < -0.3 is 10.0 Å². The quantitative estimate of drug-likeness (QED) is 0.523. The lowest BCUT2D eigenvalue weighted by Crippen LogP contribution is -2.38. The molecule has 0 radical (unpaired) electrons. The molecule has 6 heteroatoms. The van der Waals surface area contributed by atoms with Gasteiger partial charge in [0.1, 0.15) is 24.0 Å². The number of benzene rings is 1. The van der Waals surface area contributed by atoms with Crippen LogP contribution in [0.3, 0.4) is 0 Å². The molecule has 0 fully saturated rings. The highest BCUT2D eigenvalue weighted by atomic mass is 19.1. The van der Waals surface area contributed by atoms with E-state index in [1.165, 1.54) is 6.07 Å². The molecule has 0 aliphatic heterocycles. The second kappa shape index (κ2) is 5.70. The third-order valence-corrected chi connectivity index (χ3v) is 3.46. The fraction of sp³-hybridized carbons (Fsp3) is 0.286. The highest BCUT2D eigenvalue weighted by Gasteiger charge is 2.27. The normalized spacial score (nSPS) is 18.1. The van der Waals surface area contributed by atoms with Crippen molar-refractivity contribution in [1.82, 2.24) is 4.90 Å². The van der Waals surface area contributed by atoms with Gasteiger partial charge in [-0.05, 0) is 36.5 Å². The number of allylic oxidation sites excluding steroid dienone is 1. The van der Waals surface area contributed by atoms with E-state index in [4.69, 9.17) is 10.4 Å². The highest BCUT2D eigenvalue weighted by Crippen LogP contribution is 2.28. The molecule has 1 aliphatic rings. The van der Waals surface area contributed by atoms with Crippen molar-refractivity contribution < 1.29 is 18.7 Å². The second-order valence-corrected chi connectivity index (χ2v) is 4.56. The van der Waals surface area contributed by atoms with Crippen LogP contribution in [0, 0.1) is 23.0 Å². The predicted octanol–water partition coefficient (Wildman–Crippen LogP) is 2.20. The summed E-state index contributed by atoms with van der Waals surface area (Å²) in [6.07, 6.45) is 2.02. The standard InChI is InChI=1S/C14H12F2N2O2/c15-10-3-9-4-11(1-2-13(9)14(16)5-10)18(8-20)12(6-17)7-19/h3,5,7-8,11,19H,1-2,4H2. The van der Waals surface area contributed by atoms with Crippen LogP contribution in [0.25, 0.3) is 0 Å². The summed E-state index contributed by atoms with van der Waals surface area (Å²) in [4.78, 5) is 12.2. The molecule has 1 aliphatic carbocycles. The average Bonchev–Trinajstić information content (AvgIpc) is 2.43. The van der Waals surface area contributed by atoms with Gasteiger partial charge in [0.05, 0.1) is 0 Å². The zero-order valence-electron chi connectivity index (χ0n) is 10.5. The van der Waals surface area contributed by atoms with E-state index in [2.05, 4.69) is 0 Å². The predicted molar refractivity (Wildman–Crippen MR) is 66.4 cm³/mol. The van der Waals surface area contributed by atoms with Gasteiger partial charge in [-0.15, -0.1) is 0 Å². The van der Waals surface area contributed by atoms with Gasteiger partial charge in [0.25, 0.3) is 0 Å². The molecule has 1 aromatic rings. The Morgan fingerprint density at radius 2 is 2.25 bits per heavy atom. The highest BCUT2D eigenvalue weighted by molar-refractivity contribution is 5.54. The first-order valence-electron chi connectivity index (χ1n) is 6.05. The number of aliphatic hydroxyl groups excluding tert-OH is 1. The Hall–Kier alpha value is -2.42. The Morgan fingerprint density at radius 3 is 2.85 bits per heavy atom. The zero-order valence-corrected chi connectivity index (χ0v) is 10.5. The number of halogens is 2. The summed E-state index contributed by atoms with van der Waals surface area (Å²) in [5.74, 6) is -1.26. The molecule has 1 amide bonds. The summed E-state index contributed by atoms with van der Waals surface area (Å²) in [5, 5.41) is 17.8. The molecule has 1 N–H and O–H groups in total. The van der Waals surface area contributed by atoms with Crippen molar-refractivity contribution in [3.63, 3.8) is 0 Å². The number of carbonyl (C=O) groups is 1. The lowest BCUT2D eigenvalue weighted by atomic mass is 9.87. The Kier molecular flexibility index (Phi) is 3.99. The first-order chi connectivity index (χ1) is 9.60. The number of hydrogen-bond donors (Lipinski definition) is 1. The van der Waals surface area contributed by atoms with Crippen molar-refractivity contribution in [2.75, 3.05) is 0 Å². The van der Waals surface area contributed by atoms with Crippen LogP contribution >= 0.6 is 0 Å². The number of aliphatic hydroxyl groups is 1. The Morgan fingerprint density at radius 1 is 1.50 bits per heavy atom. The molecule has 0 spiro atoms. The molecule has 0 aromatic heterocycles. The summed E-state index contributed by atoms with van der Waals surface area (Å²) >= 11 is 0. The van der Waals surface area contributed by atoms with Crippen molar-refractivity contribution in [3.05, 3.63) is 46.9 Å². The minimum Gasteiger partial charge on any atom is -0.513 e. The Balaban J connectivity index is 2.31. The first-order valence-corrected chi connectivity index (χ1v) is 6.05. The molecule has 1 unspecified atom stereocenters. The van der Waals surface area contributed by atoms with E-state index in [9.17, 15) is 13.6 Å². The lowest BCUT2D eigenvalue weighted by Gasteiger charge is -2.31. The van der Waals surface area contributed by atoms with Crippen LogP contribution in [0.5, 0.6) is 0 Å². The van der Waals surface area contributed by atoms with Gasteiger partial charge in [0.15, 0.2) is 5.70 Å². The van der Waals surface area contributed by atoms with E-state index in [-0.39, 0.29) is 12.1 Å². The Bertz CT molecular complexity index is 608. The molecule has 0 saturated carbocycles. The van der Waals surface area contributed by atoms with Gasteiger partial charge in [0, 0.05) is 12.1 Å². The third-order valence-electron chi connectivity index (χ3n) is 3.46. The van der Waals surface area contributed by atoms with E-state index in [0.717, 1.165) is 11.0 Å². The second-order valence-electron chi connectivity index (χ2n) is 4.56. The van der Waals surface area contributed by atoms with Gasteiger partial charge in [-0.2, -0.15) is 5.26 Å². The molecule has 4 nitrogen and oxygen atoms in total. The van der Waals surface area contributed by atoms with Crippen LogP contribution in [-0.2, 0) is 17.6 Å². The molecule has 0 saturated heterocycles. The monoisotopic (exact) mass is 278 g/mol. The molecule has 0 bridgehead atoms. The minimum absolute atomic E-state index is 0.190. The zero-order chi connectivity index (χ0) is 14.7. The number of nitrogens with zero attached hydrogens (tertiary/aromatic N) is 2. The number of amides is 1. The molecule has 2 rings (SSSR count). The fourth-order valence-electron chi connectivity index (χ4n) is 2.52. The molecule has 20 heavy (non-hydrogen) atoms. The molecule has 1 atom stereocenters. The minimum atomic E-state index is -0.669. The van der Waals surface area contributed by atoms with Crippen molar-refractivity contribution in [2.24, 2.45) is 0 Å². The first kappa shape index (κ1) is 14.0. The largest absolute Gasteiger partial charge is 0.513 e. The van der Waals surface area contributed by atoms with Crippen molar-refractivity contribution in [2.45, 2.75) is 25.3 Å².